The maximum absolute atomic E-state index is 14.1. The molecule has 1 fully saturated rings. The van der Waals surface area contributed by atoms with E-state index >= 15 is 0 Å². The first-order valence-corrected chi connectivity index (χ1v) is 8.51. The summed E-state index contributed by atoms with van der Waals surface area (Å²) < 4.78 is 15.4. The van der Waals surface area contributed by atoms with Crippen LogP contribution in [0.25, 0.3) is 5.69 Å². The molecule has 2 N–H and O–H groups in total. The van der Waals surface area contributed by atoms with E-state index in [0.29, 0.717) is 24.6 Å². The topological polar surface area (TPSA) is 118 Å². The van der Waals surface area contributed by atoms with Gasteiger partial charge in [0.25, 0.3) is 0 Å². The molecule has 0 aliphatic carbocycles. The number of halogens is 1. The summed E-state index contributed by atoms with van der Waals surface area (Å²) in [4.78, 5) is 18.6. The number of carbonyl (C=O) groups excluding carboxylic acids is 1. The normalized spacial score (nSPS) is 16.7. The smallest absolute Gasteiger partial charge is 0.321 e. The van der Waals surface area contributed by atoms with E-state index in [-0.39, 0.29) is 17.6 Å². The van der Waals surface area contributed by atoms with Crippen molar-refractivity contribution in [3.63, 3.8) is 0 Å². The number of carbonyl (C=O) groups is 1. The van der Waals surface area contributed by atoms with Gasteiger partial charge in [0.1, 0.15) is 17.3 Å². The summed E-state index contributed by atoms with van der Waals surface area (Å²) in [5, 5.41) is 20.8. The summed E-state index contributed by atoms with van der Waals surface area (Å²) in [6.45, 7) is 4.64. The molecule has 1 aliphatic rings. The second-order valence-corrected chi connectivity index (χ2v) is 6.44. The Labute approximate surface area is 153 Å². The predicted molar refractivity (Wildman–Crippen MR) is 92.9 cm³/mol. The molecule has 10 nitrogen and oxygen atoms in total. The molecule has 11 heteroatoms. The quantitative estimate of drug-likeness (QED) is 0.721. The zero-order valence-electron chi connectivity index (χ0n) is 14.8. The van der Waals surface area contributed by atoms with Crippen molar-refractivity contribution in [3.8, 4) is 5.69 Å². The lowest BCUT2D eigenvalue weighted by Gasteiger charge is -2.17. The molecule has 0 radical (unpaired) electrons. The lowest BCUT2D eigenvalue weighted by molar-refractivity contribution is 0.222. The second kappa shape index (κ2) is 6.74. The van der Waals surface area contributed by atoms with Gasteiger partial charge in [-0.3, -0.25) is 5.10 Å². The molecule has 2 aromatic heterocycles. The number of benzene rings is 1. The molecule has 1 saturated heterocycles. The summed E-state index contributed by atoms with van der Waals surface area (Å²) in [5.74, 6) is 1.55. The summed E-state index contributed by atoms with van der Waals surface area (Å²) in [5.41, 5.74) is 0.634. The van der Waals surface area contributed by atoms with Crippen molar-refractivity contribution in [2.45, 2.75) is 26.2 Å². The zero-order chi connectivity index (χ0) is 19.0. The molecular weight excluding hydrogens is 353 g/mol. The Hall–Kier alpha value is -3.37. The number of anilines is 1. The van der Waals surface area contributed by atoms with Gasteiger partial charge in [-0.2, -0.15) is 9.78 Å². The highest BCUT2D eigenvalue weighted by atomic mass is 19.1. The number of rotatable bonds is 3. The summed E-state index contributed by atoms with van der Waals surface area (Å²) in [7, 11) is 0. The minimum atomic E-state index is -0.482. The molecule has 4 rings (SSSR count). The van der Waals surface area contributed by atoms with Crippen LogP contribution in [0.2, 0.25) is 0 Å². The summed E-state index contributed by atoms with van der Waals surface area (Å²) in [6.07, 6.45) is 0.795. The van der Waals surface area contributed by atoms with E-state index in [1.54, 1.807) is 11.8 Å². The molecule has 0 spiro atoms. The molecule has 1 unspecified atom stereocenters. The van der Waals surface area contributed by atoms with E-state index in [4.69, 9.17) is 0 Å². The van der Waals surface area contributed by atoms with Crippen LogP contribution < -0.4 is 5.32 Å². The molecule has 1 aromatic carbocycles. The molecular formula is C16H18FN9O. The number of likely N-dealkylation sites (tertiary alicyclic amines) is 1. The zero-order valence-corrected chi connectivity index (χ0v) is 14.8. The molecule has 1 atom stereocenters. The van der Waals surface area contributed by atoms with Gasteiger partial charge >= 0.3 is 6.03 Å². The lowest BCUT2D eigenvalue weighted by Crippen LogP contribution is -2.32. The minimum absolute atomic E-state index is 0.105. The number of tetrazole rings is 1. The molecule has 3 aromatic rings. The Morgan fingerprint density at radius 2 is 2.22 bits per heavy atom. The summed E-state index contributed by atoms with van der Waals surface area (Å²) in [6, 6.07) is 4.02. The Balaban J connectivity index is 1.47. The van der Waals surface area contributed by atoms with Crippen LogP contribution in [0.4, 0.5) is 14.9 Å². The average molecular weight is 371 g/mol. The van der Waals surface area contributed by atoms with Crippen LogP contribution in [-0.4, -0.2) is 59.4 Å². The maximum atomic E-state index is 14.1. The number of aromatic nitrogens is 7. The first-order valence-electron chi connectivity index (χ1n) is 8.51. The first-order chi connectivity index (χ1) is 13.0. The van der Waals surface area contributed by atoms with E-state index < -0.39 is 5.82 Å². The molecule has 0 saturated carbocycles. The SMILES string of the molecule is Cc1nc(C2CCN(C(=O)Nc3ccc(F)c(-n4nnnc4C)c3)C2)n[nH]1. The van der Waals surface area contributed by atoms with Gasteiger partial charge in [-0.25, -0.2) is 14.2 Å². The van der Waals surface area contributed by atoms with Crippen molar-refractivity contribution >= 4 is 11.7 Å². The van der Waals surface area contributed by atoms with Crippen molar-refractivity contribution in [1.29, 1.82) is 0 Å². The van der Waals surface area contributed by atoms with E-state index in [0.717, 1.165) is 18.1 Å². The Kier molecular flexibility index (Phi) is 4.26. The van der Waals surface area contributed by atoms with Crippen molar-refractivity contribution in [3.05, 3.63) is 41.5 Å². The van der Waals surface area contributed by atoms with Gasteiger partial charge in [-0.1, -0.05) is 0 Å². The number of urea groups is 1. The number of nitrogens with zero attached hydrogens (tertiary/aromatic N) is 7. The number of H-pyrrole nitrogens is 1. The van der Waals surface area contributed by atoms with Crippen molar-refractivity contribution in [2.75, 3.05) is 18.4 Å². The van der Waals surface area contributed by atoms with Crippen LogP contribution in [-0.2, 0) is 0 Å². The van der Waals surface area contributed by atoms with Gasteiger partial charge in [0.15, 0.2) is 11.6 Å². The highest BCUT2D eigenvalue weighted by molar-refractivity contribution is 5.89. The van der Waals surface area contributed by atoms with Gasteiger partial charge in [0, 0.05) is 24.7 Å². The standard InChI is InChI=1S/C16H18FN9O/c1-9-18-15(22-20-9)11-5-6-25(8-11)16(27)19-12-3-4-13(17)14(7-12)26-10(2)21-23-24-26/h3-4,7,11H,5-6,8H2,1-2H3,(H,19,27)(H,18,20,22). The van der Waals surface area contributed by atoms with Crippen LogP contribution in [0.5, 0.6) is 0 Å². The van der Waals surface area contributed by atoms with Gasteiger partial charge < -0.3 is 10.2 Å². The number of hydrogen-bond acceptors (Lipinski definition) is 6. The van der Waals surface area contributed by atoms with Crippen LogP contribution in [0, 0.1) is 19.7 Å². The van der Waals surface area contributed by atoms with Gasteiger partial charge in [-0.15, -0.1) is 5.10 Å². The van der Waals surface area contributed by atoms with Crippen LogP contribution in [0.1, 0.15) is 29.8 Å². The minimum Gasteiger partial charge on any atom is -0.324 e. The van der Waals surface area contributed by atoms with E-state index in [9.17, 15) is 9.18 Å². The van der Waals surface area contributed by atoms with Crippen molar-refractivity contribution in [1.82, 2.24) is 40.3 Å². The molecule has 1 aliphatic heterocycles. The maximum Gasteiger partial charge on any atom is 0.321 e. The Bertz CT molecular complexity index is 982. The number of aryl methyl sites for hydroxylation is 2. The van der Waals surface area contributed by atoms with E-state index in [2.05, 4.69) is 36.0 Å². The van der Waals surface area contributed by atoms with Crippen LogP contribution in [0.15, 0.2) is 18.2 Å². The number of hydrogen-bond donors (Lipinski definition) is 2. The fourth-order valence-corrected chi connectivity index (χ4v) is 3.11. The average Bonchev–Trinajstić information content (AvgIpc) is 3.37. The van der Waals surface area contributed by atoms with Crippen molar-refractivity contribution < 1.29 is 9.18 Å². The molecule has 27 heavy (non-hydrogen) atoms. The molecule has 3 heterocycles. The lowest BCUT2D eigenvalue weighted by atomic mass is 10.1. The summed E-state index contributed by atoms with van der Waals surface area (Å²) >= 11 is 0. The predicted octanol–water partition coefficient (Wildman–Crippen LogP) is 1.56. The largest absolute Gasteiger partial charge is 0.324 e. The number of aromatic amines is 1. The number of amides is 2. The fraction of sp³-hybridized carbons (Fsp3) is 0.375. The fourth-order valence-electron chi connectivity index (χ4n) is 3.11. The highest BCUT2D eigenvalue weighted by Crippen LogP contribution is 2.25. The third kappa shape index (κ3) is 3.35. The van der Waals surface area contributed by atoms with Gasteiger partial charge in [0.05, 0.1) is 0 Å². The molecule has 0 bridgehead atoms. The van der Waals surface area contributed by atoms with Crippen LogP contribution in [0.3, 0.4) is 0 Å². The Morgan fingerprint density at radius 1 is 1.37 bits per heavy atom. The highest BCUT2D eigenvalue weighted by Gasteiger charge is 2.30. The number of nitrogens with one attached hydrogen (secondary N) is 2. The third-order valence-electron chi connectivity index (χ3n) is 4.51. The Morgan fingerprint density at radius 3 is 2.93 bits per heavy atom. The van der Waals surface area contributed by atoms with E-state index in [1.165, 1.54) is 22.9 Å². The molecule has 2 amide bonds. The molecule has 140 valence electrons. The second-order valence-electron chi connectivity index (χ2n) is 6.44. The van der Waals surface area contributed by atoms with Crippen LogP contribution >= 0.6 is 0 Å². The van der Waals surface area contributed by atoms with E-state index in [1.807, 2.05) is 6.92 Å². The monoisotopic (exact) mass is 371 g/mol. The first kappa shape index (κ1) is 17.1. The third-order valence-corrected chi connectivity index (χ3v) is 4.51. The van der Waals surface area contributed by atoms with Gasteiger partial charge in [0.2, 0.25) is 0 Å². The van der Waals surface area contributed by atoms with Gasteiger partial charge in [-0.05, 0) is 48.9 Å². The van der Waals surface area contributed by atoms with Crippen molar-refractivity contribution in [2.24, 2.45) is 0 Å².